The van der Waals surface area contributed by atoms with Gasteiger partial charge in [0.15, 0.2) is 11.5 Å². The molecule has 0 saturated heterocycles. The molecule has 3 aromatic rings. The number of primary amides is 1. The zero-order valence-electron chi connectivity index (χ0n) is 15.7. The summed E-state index contributed by atoms with van der Waals surface area (Å²) in [5.41, 5.74) is 7.34. The summed E-state index contributed by atoms with van der Waals surface area (Å²) in [5.74, 6) is 1.62. The fourth-order valence-electron chi connectivity index (χ4n) is 2.58. The van der Waals surface area contributed by atoms with Crippen molar-refractivity contribution in [2.24, 2.45) is 5.73 Å². The van der Waals surface area contributed by atoms with Gasteiger partial charge in [0.05, 0.1) is 32.6 Å². The minimum absolute atomic E-state index is 0.205. The smallest absolute Gasteiger partial charge is 0.252 e. The Labute approximate surface area is 166 Å². The summed E-state index contributed by atoms with van der Waals surface area (Å²) in [6.07, 6.45) is 0. The number of nitrogens with two attached hydrogens (primary N) is 1. The molecule has 0 atom stereocenters. The Morgan fingerprint density at radius 3 is 2.43 bits per heavy atom. The lowest BCUT2D eigenvalue weighted by molar-refractivity contribution is 0.0995. The van der Waals surface area contributed by atoms with Crippen LogP contribution >= 0.6 is 11.3 Å². The molecule has 3 rings (SSSR count). The molecule has 28 heavy (non-hydrogen) atoms. The summed E-state index contributed by atoms with van der Waals surface area (Å²) >= 11 is 1.49. The van der Waals surface area contributed by atoms with Crippen molar-refractivity contribution in [1.82, 2.24) is 4.98 Å². The van der Waals surface area contributed by atoms with Gasteiger partial charge in [-0.1, -0.05) is 0 Å². The second kappa shape index (κ2) is 8.62. The van der Waals surface area contributed by atoms with E-state index < -0.39 is 5.91 Å². The molecule has 2 N–H and O–H groups in total. The first kappa shape index (κ1) is 19.5. The van der Waals surface area contributed by atoms with Gasteiger partial charge < -0.3 is 24.7 Å². The number of ether oxygens (including phenoxy) is 4. The summed E-state index contributed by atoms with van der Waals surface area (Å²) < 4.78 is 21.5. The normalized spacial score (nSPS) is 10.4. The average Bonchev–Trinajstić information content (AvgIpc) is 3.20. The number of amides is 1. The summed E-state index contributed by atoms with van der Waals surface area (Å²) in [5, 5.41) is 2.73. The predicted molar refractivity (Wildman–Crippen MR) is 106 cm³/mol. The SMILES string of the molecule is COc1ccc(OCc2csc(-c3ccc(OC)c(OC)c3)n2)c(C(N)=O)c1. The summed E-state index contributed by atoms with van der Waals surface area (Å²) in [4.78, 5) is 16.2. The molecule has 0 saturated carbocycles. The fraction of sp³-hybridized carbons (Fsp3) is 0.200. The van der Waals surface area contributed by atoms with Crippen LogP contribution in [0.25, 0.3) is 10.6 Å². The van der Waals surface area contributed by atoms with Crippen molar-refractivity contribution in [3.8, 4) is 33.6 Å². The minimum atomic E-state index is -0.585. The van der Waals surface area contributed by atoms with Crippen molar-refractivity contribution in [3.63, 3.8) is 0 Å². The van der Waals surface area contributed by atoms with E-state index in [9.17, 15) is 4.79 Å². The lowest BCUT2D eigenvalue weighted by Crippen LogP contribution is -2.13. The molecule has 0 unspecified atom stereocenters. The van der Waals surface area contributed by atoms with Gasteiger partial charge >= 0.3 is 0 Å². The van der Waals surface area contributed by atoms with Crippen LogP contribution in [0.4, 0.5) is 0 Å². The van der Waals surface area contributed by atoms with Crippen molar-refractivity contribution in [3.05, 3.63) is 53.0 Å². The van der Waals surface area contributed by atoms with Crippen molar-refractivity contribution >= 4 is 17.2 Å². The third-order valence-electron chi connectivity index (χ3n) is 4.01. The van der Waals surface area contributed by atoms with Gasteiger partial charge in [0.1, 0.15) is 23.1 Å². The van der Waals surface area contributed by atoms with E-state index in [1.54, 1.807) is 32.4 Å². The van der Waals surface area contributed by atoms with Gasteiger partial charge in [-0.15, -0.1) is 11.3 Å². The van der Waals surface area contributed by atoms with E-state index in [2.05, 4.69) is 4.98 Å². The number of carbonyl (C=O) groups is 1. The number of hydrogen-bond acceptors (Lipinski definition) is 7. The van der Waals surface area contributed by atoms with Gasteiger partial charge in [-0.2, -0.15) is 0 Å². The zero-order chi connectivity index (χ0) is 20.1. The first-order valence-electron chi connectivity index (χ1n) is 8.33. The minimum Gasteiger partial charge on any atom is -0.497 e. The number of carbonyl (C=O) groups excluding carboxylic acids is 1. The van der Waals surface area contributed by atoms with Gasteiger partial charge in [0.25, 0.3) is 5.91 Å². The molecule has 1 amide bonds. The lowest BCUT2D eigenvalue weighted by Gasteiger charge is -2.10. The maximum Gasteiger partial charge on any atom is 0.252 e. The second-order valence-corrected chi connectivity index (χ2v) is 6.59. The zero-order valence-corrected chi connectivity index (χ0v) is 16.5. The highest BCUT2D eigenvalue weighted by Crippen LogP contribution is 2.33. The van der Waals surface area contributed by atoms with Gasteiger partial charge in [0.2, 0.25) is 0 Å². The Kier molecular flexibility index (Phi) is 6.00. The topological polar surface area (TPSA) is 92.9 Å². The van der Waals surface area contributed by atoms with Crippen LogP contribution in [0, 0.1) is 0 Å². The molecule has 146 valence electrons. The number of rotatable bonds is 8. The number of aromatic nitrogens is 1. The number of hydrogen-bond donors (Lipinski definition) is 1. The van der Waals surface area contributed by atoms with Crippen LogP contribution < -0.4 is 24.7 Å². The highest BCUT2D eigenvalue weighted by molar-refractivity contribution is 7.13. The maximum atomic E-state index is 11.7. The van der Waals surface area contributed by atoms with E-state index in [0.29, 0.717) is 23.0 Å². The van der Waals surface area contributed by atoms with Crippen molar-refractivity contribution in [2.75, 3.05) is 21.3 Å². The third-order valence-corrected chi connectivity index (χ3v) is 4.95. The van der Waals surface area contributed by atoms with Crippen LogP contribution in [0.5, 0.6) is 23.0 Å². The van der Waals surface area contributed by atoms with Crippen LogP contribution in [0.1, 0.15) is 16.1 Å². The van der Waals surface area contributed by atoms with E-state index in [0.717, 1.165) is 16.3 Å². The quantitative estimate of drug-likeness (QED) is 0.622. The first-order chi connectivity index (χ1) is 13.5. The van der Waals surface area contributed by atoms with E-state index in [4.69, 9.17) is 24.7 Å². The molecule has 1 aromatic heterocycles. The van der Waals surface area contributed by atoms with E-state index in [-0.39, 0.29) is 12.2 Å². The van der Waals surface area contributed by atoms with Gasteiger partial charge in [-0.3, -0.25) is 4.79 Å². The highest BCUT2D eigenvalue weighted by atomic mass is 32.1. The van der Waals surface area contributed by atoms with Crippen LogP contribution in [0.3, 0.4) is 0 Å². The fourth-order valence-corrected chi connectivity index (χ4v) is 3.38. The van der Waals surface area contributed by atoms with E-state index >= 15 is 0 Å². The van der Waals surface area contributed by atoms with E-state index in [1.165, 1.54) is 18.4 Å². The van der Waals surface area contributed by atoms with Crippen molar-refractivity contribution < 1.29 is 23.7 Å². The molecule has 0 aliphatic carbocycles. The van der Waals surface area contributed by atoms with Crippen molar-refractivity contribution in [1.29, 1.82) is 0 Å². The first-order valence-corrected chi connectivity index (χ1v) is 9.21. The standard InChI is InChI=1S/C20H20N2O5S/c1-24-14-5-7-16(15(9-14)19(21)23)27-10-13-11-28-20(22-13)12-4-6-17(25-2)18(8-12)26-3/h4-9,11H,10H2,1-3H3,(H2,21,23). The van der Waals surface area contributed by atoms with Crippen LogP contribution in [-0.4, -0.2) is 32.2 Å². The third kappa shape index (κ3) is 4.17. The maximum absolute atomic E-state index is 11.7. The Hall–Kier alpha value is -3.26. The van der Waals surface area contributed by atoms with Crippen LogP contribution in [0.15, 0.2) is 41.8 Å². The molecule has 0 aliphatic heterocycles. The highest BCUT2D eigenvalue weighted by Gasteiger charge is 2.13. The van der Waals surface area contributed by atoms with Crippen LogP contribution in [0.2, 0.25) is 0 Å². The monoisotopic (exact) mass is 400 g/mol. The largest absolute Gasteiger partial charge is 0.497 e. The molecule has 0 radical (unpaired) electrons. The predicted octanol–water partition coefficient (Wildman–Crippen LogP) is 3.51. The van der Waals surface area contributed by atoms with Gasteiger partial charge in [-0.25, -0.2) is 4.98 Å². The van der Waals surface area contributed by atoms with Gasteiger partial charge in [-0.05, 0) is 36.4 Å². The second-order valence-electron chi connectivity index (χ2n) is 5.73. The number of thiazole rings is 1. The molecule has 8 heteroatoms. The summed E-state index contributed by atoms with van der Waals surface area (Å²) in [6, 6.07) is 10.5. The number of benzene rings is 2. The molecule has 0 bridgehead atoms. The van der Waals surface area contributed by atoms with Crippen molar-refractivity contribution in [2.45, 2.75) is 6.61 Å². The molecule has 0 fully saturated rings. The Balaban J connectivity index is 1.76. The summed E-state index contributed by atoms with van der Waals surface area (Å²) in [6.45, 7) is 0.205. The number of nitrogens with zero attached hydrogens (tertiary/aromatic N) is 1. The molecule has 0 aliphatic rings. The Bertz CT molecular complexity index is 986. The lowest BCUT2D eigenvalue weighted by atomic mass is 10.2. The molecule has 0 spiro atoms. The Morgan fingerprint density at radius 1 is 1.00 bits per heavy atom. The Morgan fingerprint density at radius 2 is 1.75 bits per heavy atom. The average molecular weight is 400 g/mol. The van der Waals surface area contributed by atoms with Gasteiger partial charge in [0, 0.05) is 10.9 Å². The molecule has 7 nitrogen and oxygen atoms in total. The molecule has 1 heterocycles. The van der Waals surface area contributed by atoms with E-state index in [1.807, 2.05) is 23.6 Å². The molecular formula is C20H20N2O5S. The van der Waals surface area contributed by atoms with Crippen LogP contribution in [-0.2, 0) is 6.61 Å². The summed E-state index contributed by atoms with van der Waals surface area (Å²) in [7, 11) is 4.70. The molecular weight excluding hydrogens is 380 g/mol. The molecule has 2 aromatic carbocycles. The number of methoxy groups -OCH3 is 3.